The Hall–Kier alpha value is -1.92. The van der Waals surface area contributed by atoms with Gasteiger partial charge in [-0.3, -0.25) is 4.90 Å². The summed E-state index contributed by atoms with van der Waals surface area (Å²) in [5.74, 6) is 1.85. The number of hydrogen-bond acceptors (Lipinski definition) is 6. The van der Waals surface area contributed by atoms with Crippen LogP contribution >= 0.6 is 0 Å². The van der Waals surface area contributed by atoms with Crippen molar-refractivity contribution in [1.29, 1.82) is 0 Å². The Balaban J connectivity index is 1.33. The number of piperidine rings is 1. The van der Waals surface area contributed by atoms with Crippen LogP contribution in [-0.2, 0) is 11.3 Å². The van der Waals surface area contributed by atoms with Gasteiger partial charge in [0.05, 0.1) is 25.0 Å². The van der Waals surface area contributed by atoms with Crippen molar-refractivity contribution in [2.45, 2.75) is 44.4 Å². The maximum atomic E-state index is 6.30. The van der Waals surface area contributed by atoms with Crippen molar-refractivity contribution in [3.63, 3.8) is 0 Å². The van der Waals surface area contributed by atoms with Gasteiger partial charge in [0.2, 0.25) is 5.95 Å². The van der Waals surface area contributed by atoms with Crippen molar-refractivity contribution in [3.05, 3.63) is 42.1 Å². The summed E-state index contributed by atoms with van der Waals surface area (Å²) in [6, 6.07) is 4.42. The molecule has 134 valence electrons. The van der Waals surface area contributed by atoms with E-state index in [-0.39, 0.29) is 5.60 Å². The zero-order valence-electron chi connectivity index (χ0n) is 15.0. The smallest absolute Gasteiger partial charge is 0.225 e. The second kappa shape index (κ2) is 6.77. The van der Waals surface area contributed by atoms with Crippen LogP contribution in [0.15, 0.2) is 35.2 Å². The molecule has 2 aliphatic rings. The summed E-state index contributed by atoms with van der Waals surface area (Å²) in [4.78, 5) is 13.5. The molecular weight excluding hydrogens is 316 g/mol. The first-order valence-corrected chi connectivity index (χ1v) is 9.04. The molecule has 2 saturated heterocycles. The number of aromatic nitrogens is 2. The lowest BCUT2D eigenvalue weighted by molar-refractivity contribution is -0.0159. The molecule has 0 amide bonds. The Bertz CT molecular complexity index is 678. The van der Waals surface area contributed by atoms with Gasteiger partial charge < -0.3 is 14.1 Å². The number of hydrogen-bond donors (Lipinski definition) is 0. The highest BCUT2D eigenvalue weighted by molar-refractivity contribution is 5.31. The summed E-state index contributed by atoms with van der Waals surface area (Å²) in [6.45, 7) is 5.56. The maximum Gasteiger partial charge on any atom is 0.225 e. The molecule has 6 nitrogen and oxygen atoms in total. The third-order valence-corrected chi connectivity index (χ3v) is 5.52. The highest BCUT2D eigenvalue weighted by atomic mass is 16.5. The van der Waals surface area contributed by atoms with Crippen molar-refractivity contribution in [2.24, 2.45) is 0 Å². The van der Waals surface area contributed by atoms with Gasteiger partial charge >= 0.3 is 0 Å². The quantitative estimate of drug-likeness (QED) is 0.851. The van der Waals surface area contributed by atoms with Crippen LogP contribution in [0, 0.1) is 6.92 Å². The fraction of sp³-hybridized carbons (Fsp3) is 0.579. The van der Waals surface area contributed by atoms with E-state index < -0.39 is 0 Å². The third kappa shape index (κ3) is 3.55. The second-order valence-electron chi connectivity index (χ2n) is 7.39. The van der Waals surface area contributed by atoms with Crippen LogP contribution in [0.3, 0.4) is 0 Å². The molecule has 1 atom stereocenters. The Labute approximate surface area is 148 Å². The Kier molecular flexibility index (Phi) is 4.48. The zero-order valence-corrected chi connectivity index (χ0v) is 15.0. The molecule has 4 rings (SSSR count). The van der Waals surface area contributed by atoms with Gasteiger partial charge in [-0.1, -0.05) is 0 Å². The SMILES string of the molecule is Cc1cnc(N2CCC3(CC2)C[C@H](N(C)Cc2ccco2)CO3)nc1. The van der Waals surface area contributed by atoms with Gasteiger partial charge in [0.1, 0.15) is 5.76 Å². The topological polar surface area (TPSA) is 54.6 Å². The lowest BCUT2D eigenvalue weighted by Crippen LogP contribution is -2.45. The van der Waals surface area contributed by atoms with E-state index in [9.17, 15) is 0 Å². The minimum absolute atomic E-state index is 0.0172. The van der Waals surface area contributed by atoms with Gasteiger partial charge in [-0.05, 0) is 50.9 Å². The average Bonchev–Trinajstić information content (AvgIpc) is 3.27. The molecule has 1 spiro atoms. The molecule has 0 bridgehead atoms. The summed E-state index contributed by atoms with van der Waals surface area (Å²) in [5, 5.41) is 0. The molecule has 0 saturated carbocycles. The predicted octanol–water partition coefficient (Wildman–Crippen LogP) is 2.64. The van der Waals surface area contributed by atoms with E-state index in [1.807, 2.05) is 31.5 Å². The lowest BCUT2D eigenvalue weighted by atomic mass is 9.87. The van der Waals surface area contributed by atoms with E-state index in [0.29, 0.717) is 6.04 Å². The van der Waals surface area contributed by atoms with Crippen molar-refractivity contribution in [3.8, 4) is 0 Å². The molecule has 0 radical (unpaired) electrons. The number of aryl methyl sites for hydroxylation is 1. The molecular formula is C19H26N4O2. The molecule has 2 aliphatic heterocycles. The molecule has 4 heterocycles. The second-order valence-corrected chi connectivity index (χ2v) is 7.39. The standard InChI is InChI=1S/C19H26N4O2/c1-15-11-20-18(21-12-15)23-7-5-19(6-8-23)10-16(14-25-19)22(2)13-17-4-3-9-24-17/h3-4,9,11-12,16H,5-8,10,13-14H2,1-2H3/t16-/m0/s1. The van der Waals surface area contributed by atoms with Crippen LogP contribution in [0.25, 0.3) is 0 Å². The minimum atomic E-state index is 0.0172. The monoisotopic (exact) mass is 342 g/mol. The van der Waals surface area contributed by atoms with Crippen molar-refractivity contribution < 1.29 is 9.15 Å². The van der Waals surface area contributed by atoms with Gasteiger partial charge in [-0.25, -0.2) is 9.97 Å². The predicted molar refractivity (Wildman–Crippen MR) is 95.5 cm³/mol. The van der Waals surface area contributed by atoms with Crippen LogP contribution < -0.4 is 4.90 Å². The fourth-order valence-electron chi connectivity index (χ4n) is 3.89. The molecule has 2 aromatic heterocycles. The van der Waals surface area contributed by atoms with E-state index in [4.69, 9.17) is 9.15 Å². The van der Waals surface area contributed by atoms with Crippen LogP contribution in [0.4, 0.5) is 5.95 Å². The molecule has 25 heavy (non-hydrogen) atoms. The van der Waals surface area contributed by atoms with Gasteiger partial charge in [-0.15, -0.1) is 0 Å². The van der Waals surface area contributed by atoms with E-state index in [0.717, 1.165) is 62.8 Å². The highest BCUT2D eigenvalue weighted by Crippen LogP contribution is 2.38. The largest absolute Gasteiger partial charge is 0.468 e. The normalized spacial score (nSPS) is 22.8. The molecule has 0 N–H and O–H groups in total. The minimum Gasteiger partial charge on any atom is -0.468 e. The fourth-order valence-corrected chi connectivity index (χ4v) is 3.89. The number of furan rings is 1. The molecule has 0 aromatic carbocycles. The number of likely N-dealkylation sites (N-methyl/N-ethyl adjacent to an activating group) is 1. The number of anilines is 1. The number of ether oxygens (including phenoxy) is 1. The van der Waals surface area contributed by atoms with Crippen molar-refractivity contribution in [2.75, 3.05) is 31.6 Å². The van der Waals surface area contributed by atoms with Gasteiger partial charge in [0.25, 0.3) is 0 Å². The molecule has 2 fully saturated rings. The van der Waals surface area contributed by atoms with Gasteiger partial charge in [0, 0.05) is 31.5 Å². The number of nitrogens with zero attached hydrogens (tertiary/aromatic N) is 4. The Morgan fingerprint density at radius 3 is 2.72 bits per heavy atom. The summed E-state index contributed by atoms with van der Waals surface area (Å²) in [7, 11) is 2.16. The van der Waals surface area contributed by atoms with Gasteiger partial charge in [0.15, 0.2) is 0 Å². The summed E-state index contributed by atoms with van der Waals surface area (Å²) in [6.07, 6.45) is 8.67. The zero-order chi connectivity index (χ0) is 17.3. The molecule has 0 aliphatic carbocycles. The van der Waals surface area contributed by atoms with Gasteiger partial charge in [-0.2, -0.15) is 0 Å². The van der Waals surface area contributed by atoms with Crippen LogP contribution in [0.2, 0.25) is 0 Å². The average molecular weight is 342 g/mol. The molecule has 6 heteroatoms. The van der Waals surface area contributed by atoms with Crippen LogP contribution in [0.5, 0.6) is 0 Å². The summed E-state index contributed by atoms with van der Waals surface area (Å²) in [5.41, 5.74) is 1.11. The van der Waals surface area contributed by atoms with Crippen LogP contribution in [0.1, 0.15) is 30.6 Å². The first kappa shape index (κ1) is 16.5. The summed E-state index contributed by atoms with van der Waals surface area (Å²) < 4.78 is 11.8. The Morgan fingerprint density at radius 2 is 2.04 bits per heavy atom. The van der Waals surface area contributed by atoms with Crippen molar-refractivity contribution >= 4 is 5.95 Å². The highest BCUT2D eigenvalue weighted by Gasteiger charge is 2.44. The van der Waals surface area contributed by atoms with E-state index in [1.54, 1.807) is 6.26 Å². The van der Waals surface area contributed by atoms with Crippen LogP contribution in [-0.4, -0.2) is 53.3 Å². The van der Waals surface area contributed by atoms with E-state index in [1.165, 1.54) is 0 Å². The first-order chi connectivity index (χ1) is 12.1. The third-order valence-electron chi connectivity index (χ3n) is 5.52. The lowest BCUT2D eigenvalue weighted by Gasteiger charge is -2.38. The Morgan fingerprint density at radius 1 is 1.28 bits per heavy atom. The molecule has 0 unspecified atom stereocenters. The molecule has 2 aromatic rings. The maximum absolute atomic E-state index is 6.30. The van der Waals surface area contributed by atoms with Crippen molar-refractivity contribution in [1.82, 2.24) is 14.9 Å². The summed E-state index contributed by atoms with van der Waals surface area (Å²) >= 11 is 0. The number of rotatable bonds is 4. The first-order valence-electron chi connectivity index (χ1n) is 9.04. The van der Waals surface area contributed by atoms with E-state index in [2.05, 4.69) is 26.8 Å². The van der Waals surface area contributed by atoms with E-state index >= 15 is 0 Å².